The maximum Gasteiger partial charge on any atom is 0.324 e. The van der Waals surface area contributed by atoms with Gasteiger partial charge >= 0.3 is 5.97 Å². The fourth-order valence-electron chi connectivity index (χ4n) is 2.61. The van der Waals surface area contributed by atoms with Gasteiger partial charge in [-0.15, -0.1) is 0 Å². The van der Waals surface area contributed by atoms with E-state index in [1.54, 1.807) is 0 Å². The Labute approximate surface area is 121 Å². The Kier molecular flexibility index (Phi) is 5.15. The number of hydrogen-bond acceptors (Lipinski definition) is 4. The Morgan fingerprint density at radius 3 is 3.00 bits per heavy atom. The van der Waals surface area contributed by atoms with Gasteiger partial charge in [-0.3, -0.25) is 9.69 Å². The van der Waals surface area contributed by atoms with Gasteiger partial charge in [-0.2, -0.15) is 0 Å². The minimum Gasteiger partial charge on any atom is -0.465 e. The lowest BCUT2D eigenvalue weighted by molar-refractivity contribution is -0.150. The van der Waals surface area contributed by atoms with Gasteiger partial charge in [0.1, 0.15) is 6.04 Å². The van der Waals surface area contributed by atoms with E-state index in [4.69, 9.17) is 4.74 Å². The first-order chi connectivity index (χ1) is 9.63. The predicted octanol–water partition coefficient (Wildman–Crippen LogP) is 1.64. The van der Waals surface area contributed by atoms with Crippen LogP contribution in [0.25, 0.3) is 0 Å². The summed E-state index contributed by atoms with van der Waals surface area (Å²) in [6.45, 7) is 9.82. The maximum atomic E-state index is 12.0. The molecule has 0 aliphatic carbocycles. The molecule has 4 heteroatoms. The van der Waals surface area contributed by atoms with E-state index in [0.29, 0.717) is 13.2 Å². The monoisotopic (exact) mass is 276 g/mol. The zero-order chi connectivity index (χ0) is 14.5. The highest BCUT2D eigenvalue weighted by Gasteiger charge is 2.29. The van der Waals surface area contributed by atoms with E-state index in [9.17, 15) is 4.79 Å². The first kappa shape index (κ1) is 15.0. The number of rotatable bonds is 4. The van der Waals surface area contributed by atoms with Crippen molar-refractivity contribution in [3.8, 4) is 0 Å². The summed E-state index contributed by atoms with van der Waals surface area (Å²) in [5, 5.41) is 3.27. The smallest absolute Gasteiger partial charge is 0.324 e. The quantitative estimate of drug-likeness (QED) is 0.849. The van der Waals surface area contributed by atoms with Gasteiger partial charge < -0.3 is 10.1 Å². The van der Waals surface area contributed by atoms with Crippen molar-refractivity contribution in [1.82, 2.24) is 10.2 Å². The van der Waals surface area contributed by atoms with Crippen molar-refractivity contribution >= 4 is 5.97 Å². The van der Waals surface area contributed by atoms with Crippen molar-refractivity contribution in [3.63, 3.8) is 0 Å². The molecule has 4 nitrogen and oxygen atoms in total. The molecule has 1 aliphatic heterocycles. The predicted molar refractivity (Wildman–Crippen MR) is 79.6 cm³/mol. The van der Waals surface area contributed by atoms with Crippen molar-refractivity contribution in [2.75, 3.05) is 26.2 Å². The van der Waals surface area contributed by atoms with E-state index >= 15 is 0 Å². The van der Waals surface area contributed by atoms with Gasteiger partial charge in [0.05, 0.1) is 6.61 Å². The molecule has 1 aliphatic rings. The van der Waals surface area contributed by atoms with Gasteiger partial charge in [0.15, 0.2) is 0 Å². The van der Waals surface area contributed by atoms with Crippen LogP contribution >= 0.6 is 0 Å². The minimum absolute atomic E-state index is 0.120. The molecular formula is C16H24N2O2. The first-order valence-corrected chi connectivity index (χ1v) is 7.30. The number of piperazine rings is 1. The number of ether oxygens (including phenoxy) is 1. The molecule has 110 valence electrons. The van der Waals surface area contributed by atoms with Gasteiger partial charge in [-0.25, -0.2) is 0 Å². The largest absolute Gasteiger partial charge is 0.465 e. The van der Waals surface area contributed by atoms with Crippen LogP contribution < -0.4 is 5.32 Å². The Bertz CT molecular complexity index is 474. The van der Waals surface area contributed by atoms with E-state index in [1.165, 1.54) is 16.7 Å². The van der Waals surface area contributed by atoms with Crippen LogP contribution in [0.15, 0.2) is 18.2 Å². The number of nitrogens with one attached hydrogen (secondary N) is 1. The van der Waals surface area contributed by atoms with Gasteiger partial charge in [0.25, 0.3) is 0 Å². The minimum atomic E-state index is -0.177. The molecule has 1 atom stereocenters. The third-order valence-electron chi connectivity index (χ3n) is 4.00. The fourth-order valence-corrected chi connectivity index (χ4v) is 2.61. The second-order valence-electron chi connectivity index (χ2n) is 5.30. The van der Waals surface area contributed by atoms with Gasteiger partial charge in [0.2, 0.25) is 0 Å². The molecule has 0 saturated carbocycles. The molecule has 1 aromatic carbocycles. The summed E-state index contributed by atoms with van der Waals surface area (Å²) >= 11 is 0. The summed E-state index contributed by atoms with van der Waals surface area (Å²) in [5.41, 5.74) is 3.90. The van der Waals surface area contributed by atoms with Crippen LogP contribution in [0.2, 0.25) is 0 Å². The number of hydrogen-bond donors (Lipinski definition) is 1. The van der Waals surface area contributed by atoms with E-state index < -0.39 is 0 Å². The van der Waals surface area contributed by atoms with Crippen molar-refractivity contribution in [3.05, 3.63) is 34.9 Å². The van der Waals surface area contributed by atoms with Crippen LogP contribution in [0, 0.1) is 13.8 Å². The van der Waals surface area contributed by atoms with E-state index in [-0.39, 0.29) is 12.0 Å². The highest BCUT2D eigenvalue weighted by atomic mass is 16.5. The highest BCUT2D eigenvalue weighted by Crippen LogP contribution is 2.17. The molecule has 1 N–H and O–H groups in total. The van der Waals surface area contributed by atoms with Crippen molar-refractivity contribution < 1.29 is 9.53 Å². The van der Waals surface area contributed by atoms with Crippen LogP contribution in [0.4, 0.5) is 0 Å². The molecule has 0 amide bonds. The average Bonchev–Trinajstić information content (AvgIpc) is 2.45. The molecule has 20 heavy (non-hydrogen) atoms. The Morgan fingerprint density at radius 1 is 1.45 bits per heavy atom. The highest BCUT2D eigenvalue weighted by molar-refractivity contribution is 5.76. The number of aryl methyl sites for hydroxylation is 1. The van der Waals surface area contributed by atoms with Crippen molar-refractivity contribution in [2.45, 2.75) is 33.4 Å². The average molecular weight is 276 g/mol. The van der Waals surface area contributed by atoms with Crippen molar-refractivity contribution in [1.29, 1.82) is 0 Å². The van der Waals surface area contributed by atoms with Crippen LogP contribution in [-0.4, -0.2) is 43.2 Å². The summed E-state index contributed by atoms with van der Waals surface area (Å²) in [5.74, 6) is -0.120. The molecule has 0 bridgehead atoms. The number of esters is 1. The first-order valence-electron chi connectivity index (χ1n) is 7.30. The van der Waals surface area contributed by atoms with E-state index in [0.717, 1.165) is 19.6 Å². The molecule has 1 saturated heterocycles. The zero-order valence-corrected chi connectivity index (χ0v) is 12.6. The van der Waals surface area contributed by atoms with Crippen molar-refractivity contribution in [2.24, 2.45) is 0 Å². The standard InChI is InChI=1S/C16H24N2O2/c1-4-20-16(19)15-10-17-8-9-18(15)11-14-7-5-6-12(2)13(14)3/h5-7,15,17H,4,8-11H2,1-3H3. The number of carbonyl (C=O) groups excluding carboxylic acids is 1. The SMILES string of the molecule is CCOC(=O)C1CNCCN1Cc1cccc(C)c1C. The summed E-state index contributed by atoms with van der Waals surface area (Å²) in [7, 11) is 0. The Morgan fingerprint density at radius 2 is 2.25 bits per heavy atom. The fraction of sp³-hybridized carbons (Fsp3) is 0.562. The molecular weight excluding hydrogens is 252 g/mol. The third-order valence-corrected chi connectivity index (χ3v) is 4.00. The van der Waals surface area contributed by atoms with Crippen LogP contribution in [-0.2, 0) is 16.1 Å². The summed E-state index contributed by atoms with van der Waals surface area (Å²) in [4.78, 5) is 14.3. The van der Waals surface area contributed by atoms with Crippen LogP contribution in [0.1, 0.15) is 23.6 Å². The Balaban J connectivity index is 2.12. The number of nitrogens with zero attached hydrogens (tertiary/aromatic N) is 1. The lowest BCUT2D eigenvalue weighted by atomic mass is 10.0. The molecule has 2 rings (SSSR count). The lowest BCUT2D eigenvalue weighted by Crippen LogP contribution is -2.54. The maximum absolute atomic E-state index is 12.0. The van der Waals surface area contributed by atoms with Gasteiger partial charge in [-0.1, -0.05) is 18.2 Å². The molecule has 1 unspecified atom stereocenters. The summed E-state index contributed by atoms with van der Waals surface area (Å²) < 4.78 is 5.18. The Hall–Kier alpha value is -1.39. The number of carbonyl (C=O) groups is 1. The molecule has 0 radical (unpaired) electrons. The number of benzene rings is 1. The molecule has 1 heterocycles. The third kappa shape index (κ3) is 3.38. The van der Waals surface area contributed by atoms with E-state index in [1.807, 2.05) is 6.92 Å². The van der Waals surface area contributed by atoms with Crippen LogP contribution in [0.3, 0.4) is 0 Å². The van der Waals surface area contributed by atoms with E-state index in [2.05, 4.69) is 42.3 Å². The molecule has 1 fully saturated rings. The lowest BCUT2D eigenvalue weighted by Gasteiger charge is -2.34. The summed E-state index contributed by atoms with van der Waals surface area (Å²) in [6, 6.07) is 6.18. The normalized spacial score (nSPS) is 19.9. The molecule has 0 aromatic heterocycles. The van der Waals surface area contributed by atoms with Gasteiger partial charge in [0, 0.05) is 26.2 Å². The topological polar surface area (TPSA) is 41.6 Å². The second kappa shape index (κ2) is 6.86. The zero-order valence-electron chi connectivity index (χ0n) is 12.6. The molecule has 0 spiro atoms. The summed E-state index contributed by atoms with van der Waals surface area (Å²) in [6.07, 6.45) is 0. The van der Waals surface area contributed by atoms with Crippen LogP contribution in [0.5, 0.6) is 0 Å². The van der Waals surface area contributed by atoms with Gasteiger partial charge in [-0.05, 0) is 37.5 Å². The second-order valence-corrected chi connectivity index (χ2v) is 5.30. The molecule has 1 aromatic rings.